The molecule has 0 unspecified atom stereocenters. The van der Waals surface area contributed by atoms with Gasteiger partial charge in [-0.15, -0.1) is 0 Å². The van der Waals surface area contributed by atoms with Crippen LogP contribution in [0.2, 0.25) is 0 Å². The van der Waals surface area contributed by atoms with Crippen molar-refractivity contribution in [1.29, 1.82) is 5.26 Å². The molecule has 8 nitrogen and oxygen atoms in total. The number of nitro benzene ring substituents is 1. The minimum Gasteiger partial charge on any atom is -0.395 e. The Morgan fingerprint density at radius 3 is 2.55 bits per heavy atom. The molecule has 160 valence electrons. The van der Waals surface area contributed by atoms with Crippen LogP contribution in [0.1, 0.15) is 23.1 Å². The summed E-state index contributed by atoms with van der Waals surface area (Å²) in [6, 6.07) is 14.0. The molecule has 0 amide bonds. The molecule has 2 aromatic rings. The van der Waals surface area contributed by atoms with Crippen LogP contribution in [0.4, 0.5) is 5.69 Å². The van der Waals surface area contributed by atoms with Crippen molar-refractivity contribution in [1.82, 2.24) is 4.31 Å². The van der Waals surface area contributed by atoms with Crippen molar-refractivity contribution < 1.29 is 18.4 Å². The monoisotopic (exact) mass is 439 g/mol. The largest absolute Gasteiger partial charge is 0.395 e. The third kappa shape index (κ3) is 5.06. The first-order valence-electron chi connectivity index (χ1n) is 9.56. The van der Waals surface area contributed by atoms with Crippen molar-refractivity contribution in [3.63, 3.8) is 0 Å². The molecule has 0 bridgehead atoms. The predicted molar refractivity (Wildman–Crippen MR) is 115 cm³/mol. The van der Waals surface area contributed by atoms with E-state index in [0.29, 0.717) is 0 Å². The van der Waals surface area contributed by atoms with Gasteiger partial charge in [-0.2, -0.15) is 9.57 Å². The smallest absolute Gasteiger partial charge is 0.274 e. The Hall–Kier alpha value is -3.32. The van der Waals surface area contributed by atoms with Gasteiger partial charge in [-0.05, 0) is 30.2 Å². The van der Waals surface area contributed by atoms with Crippen molar-refractivity contribution >= 4 is 15.7 Å². The molecule has 0 aromatic heterocycles. The fourth-order valence-corrected chi connectivity index (χ4v) is 5.15. The number of allylic oxidation sites excluding steroid dienone is 4. The molecular weight excluding hydrogens is 418 g/mol. The van der Waals surface area contributed by atoms with Crippen LogP contribution in [0.3, 0.4) is 0 Å². The Labute approximate surface area is 180 Å². The number of aliphatic hydroxyl groups is 1. The molecule has 3 rings (SSSR count). The van der Waals surface area contributed by atoms with E-state index in [2.05, 4.69) is 0 Å². The highest BCUT2D eigenvalue weighted by Gasteiger charge is 2.34. The van der Waals surface area contributed by atoms with Gasteiger partial charge in [0.15, 0.2) is 0 Å². The number of benzene rings is 2. The summed E-state index contributed by atoms with van der Waals surface area (Å²) in [6.45, 7) is -0.815. The number of hydrogen-bond acceptors (Lipinski definition) is 6. The Morgan fingerprint density at radius 2 is 1.97 bits per heavy atom. The molecule has 0 aliphatic heterocycles. The molecule has 1 atom stereocenters. The summed E-state index contributed by atoms with van der Waals surface area (Å²) in [5, 5.41) is 30.8. The summed E-state index contributed by atoms with van der Waals surface area (Å²) in [6.07, 6.45) is 5.26. The van der Waals surface area contributed by atoms with Crippen LogP contribution in [-0.4, -0.2) is 35.4 Å². The number of sulfonamides is 1. The van der Waals surface area contributed by atoms with Crippen molar-refractivity contribution in [3.05, 3.63) is 98.5 Å². The van der Waals surface area contributed by atoms with Crippen molar-refractivity contribution in [2.24, 2.45) is 0 Å². The lowest BCUT2D eigenvalue weighted by Gasteiger charge is -2.30. The molecule has 1 aliphatic rings. The van der Waals surface area contributed by atoms with Crippen molar-refractivity contribution in [2.45, 2.75) is 25.4 Å². The van der Waals surface area contributed by atoms with Crippen molar-refractivity contribution in [3.8, 4) is 6.07 Å². The minimum atomic E-state index is -4.03. The fourth-order valence-electron chi connectivity index (χ4n) is 3.45. The summed E-state index contributed by atoms with van der Waals surface area (Å²) in [7, 11) is -4.03. The van der Waals surface area contributed by atoms with Crippen LogP contribution < -0.4 is 0 Å². The first-order valence-corrected chi connectivity index (χ1v) is 11.0. The highest BCUT2D eigenvalue weighted by molar-refractivity contribution is 7.93. The highest BCUT2D eigenvalue weighted by atomic mass is 32.2. The Balaban J connectivity index is 2.06. The average Bonchev–Trinajstić information content (AvgIpc) is 3.32. The van der Waals surface area contributed by atoms with Crippen molar-refractivity contribution in [2.75, 3.05) is 6.61 Å². The first-order chi connectivity index (χ1) is 14.9. The molecule has 0 fully saturated rings. The summed E-state index contributed by atoms with van der Waals surface area (Å²) < 4.78 is 28.0. The standard InChI is InChI=1S/C22H21N3O5S/c23-14-18-10-11-22(25(27)28)19(12-18)15-24(31(29,30)21-8-4-5-9-21)20(16-26)13-17-6-2-1-3-7-17/h1-8,10-12,20,26H,9,13,15-16H2/t20-/m0/s1. The van der Waals surface area contributed by atoms with E-state index < -0.39 is 27.6 Å². The molecule has 0 spiro atoms. The van der Waals surface area contributed by atoms with E-state index in [1.165, 1.54) is 24.3 Å². The maximum Gasteiger partial charge on any atom is 0.274 e. The lowest BCUT2D eigenvalue weighted by molar-refractivity contribution is -0.385. The van der Waals surface area contributed by atoms with Gasteiger partial charge in [0, 0.05) is 24.6 Å². The molecule has 9 heteroatoms. The topological polar surface area (TPSA) is 125 Å². The summed E-state index contributed by atoms with van der Waals surface area (Å²) >= 11 is 0. The van der Waals surface area contributed by atoms with Crippen LogP contribution in [0.25, 0.3) is 0 Å². The SMILES string of the molecule is N#Cc1ccc([N+](=O)[O-])c(CN([C@H](CO)Cc2ccccc2)S(=O)(=O)C2=CC=CC2)c1. The van der Waals surface area contributed by atoms with E-state index in [1.54, 1.807) is 12.2 Å². The minimum absolute atomic E-state index is 0.0886. The zero-order valence-electron chi connectivity index (χ0n) is 16.6. The van der Waals surface area contributed by atoms with E-state index in [-0.39, 0.29) is 41.1 Å². The second-order valence-electron chi connectivity index (χ2n) is 7.05. The van der Waals surface area contributed by atoms with Gasteiger partial charge in [-0.1, -0.05) is 42.5 Å². The van der Waals surface area contributed by atoms with Gasteiger partial charge < -0.3 is 5.11 Å². The van der Waals surface area contributed by atoms with E-state index >= 15 is 0 Å². The second-order valence-corrected chi connectivity index (χ2v) is 9.00. The van der Waals surface area contributed by atoms with E-state index in [4.69, 9.17) is 0 Å². The van der Waals surface area contributed by atoms with E-state index in [1.807, 2.05) is 36.4 Å². The fraction of sp³-hybridized carbons (Fsp3) is 0.227. The summed E-state index contributed by atoms with van der Waals surface area (Å²) in [5.41, 5.74) is 0.809. The number of aliphatic hydroxyl groups excluding tert-OH is 1. The normalized spacial score (nSPS) is 14.3. The molecule has 1 aliphatic carbocycles. The number of nitriles is 1. The van der Waals surface area contributed by atoms with Gasteiger partial charge in [0.05, 0.1) is 34.1 Å². The van der Waals surface area contributed by atoms with Crippen LogP contribution in [0.15, 0.2) is 71.7 Å². The maximum absolute atomic E-state index is 13.4. The van der Waals surface area contributed by atoms with Gasteiger partial charge in [0.25, 0.3) is 5.69 Å². The van der Waals surface area contributed by atoms with Gasteiger partial charge >= 0.3 is 0 Å². The highest BCUT2D eigenvalue weighted by Crippen LogP contribution is 2.29. The van der Waals surface area contributed by atoms with Gasteiger partial charge in [-0.3, -0.25) is 10.1 Å². The number of rotatable bonds is 9. The van der Waals surface area contributed by atoms with Gasteiger partial charge in [-0.25, -0.2) is 8.42 Å². The molecule has 0 saturated heterocycles. The maximum atomic E-state index is 13.4. The second kappa shape index (κ2) is 9.66. The van der Waals surface area contributed by atoms with E-state index in [0.717, 1.165) is 9.87 Å². The Kier molecular flexibility index (Phi) is 6.97. The third-order valence-corrected chi connectivity index (χ3v) is 7.05. The summed E-state index contributed by atoms with van der Waals surface area (Å²) in [5.74, 6) is 0. The molecule has 0 radical (unpaired) electrons. The zero-order chi connectivity index (χ0) is 22.4. The molecule has 0 saturated carbocycles. The number of nitrogens with zero attached hydrogens (tertiary/aromatic N) is 3. The lowest BCUT2D eigenvalue weighted by atomic mass is 10.1. The number of hydrogen-bond donors (Lipinski definition) is 1. The lowest BCUT2D eigenvalue weighted by Crippen LogP contribution is -2.43. The van der Waals surface area contributed by atoms with Gasteiger partial charge in [0.1, 0.15) is 0 Å². The van der Waals surface area contributed by atoms with Gasteiger partial charge in [0.2, 0.25) is 10.0 Å². The zero-order valence-corrected chi connectivity index (χ0v) is 17.4. The van der Waals surface area contributed by atoms with Crippen LogP contribution in [0, 0.1) is 21.4 Å². The van der Waals surface area contributed by atoms with Crippen LogP contribution in [-0.2, 0) is 23.0 Å². The van der Waals surface area contributed by atoms with Crippen LogP contribution >= 0.6 is 0 Å². The molecule has 1 N–H and O–H groups in total. The van der Waals surface area contributed by atoms with Crippen LogP contribution in [0.5, 0.6) is 0 Å². The number of nitro groups is 1. The average molecular weight is 439 g/mol. The Morgan fingerprint density at radius 1 is 1.23 bits per heavy atom. The predicted octanol–water partition coefficient (Wildman–Crippen LogP) is 3.05. The first kappa shape index (κ1) is 22.4. The molecule has 31 heavy (non-hydrogen) atoms. The van der Waals surface area contributed by atoms with E-state index in [9.17, 15) is 28.9 Å². The Bertz CT molecular complexity index is 1170. The molecule has 2 aromatic carbocycles. The molecule has 0 heterocycles. The summed E-state index contributed by atoms with van der Waals surface area (Å²) in [4.78, 5) is 11.1. The molecular formula is C22H21N3O5S. The third-order valence-electron chi connectivity index (χ3n) is 5.04. The quantitative estimate of drug-likeness (QED) is 0.473.